The second-order valence-corrected chi connectivity index (χ2v) is 7.65. The van der Waals surface area contributed by atoms with Crippen molar-refractivity contribution < 1.29 is 17.9 Å². The van der Waals surface area contributed by atoms with Gasteiger partial charge in [0.1, 0.15) is 12.3 Å². The second kappa shape index (κ2) is 7.68. The summed E-state index contributed by atoms with van der Waals surface area (Å²) in [6.45, 7) is 2.21. The SMILES string of the molecule is CCOc1ccc(N(CC(=O)NC2CCCC2)S(C)(=O)=O)cc1. The molecular formula is C16H24N2O4S. The fraction of sp³-hybridized carbons (Fsp3) is 0.562. The lowest BCUT2D eigenvalue weighted by molar-refractivity contribution is -0.120. The molecule has 1 N–H and O–H groups in total. The van der Waals surface area contributed by atoms with Crippen molar-refractivity contribution in [3.8, 4) is 5.75 Å². The van der Waals surface area contributed by atoms with E-state index in [0.717, 1.165) is 36.2 Å². The Balaban J connectivity index is 2.08. The molecule has 7 heteroatoms. The van der Waals surface area contributed by atoms with Crippen molar-refractivity contribution in [2.24, 2.45) is 0 Å². The van der Waals surface area contributed by atoms with Crippen LogP contribution in [0.2, 0.25) is 0 Å². The Bertz CT molecular complexity index is 622. The summed E-state index contributed by atoms with van der Waals surface area (Å²) in [5.41, 5.74) is 0.456. The molecule has 23 heavy (non-hydrogen) atoms. The molecule has 0 aliphatic heterocycles. The molecule has 1 fully saturated rings. The first-order valence-corrected chi connectivity index (χ1v) is 9.75. The third-order valence-corrected chi connectivity index (χ3v) is 4.98. The number of sulfonamides is 1. The Kier molecular flexibility index (Phi) is 5.87. The van der Waals surface area contributed by atoms with Gasteiger partial charge in [0.2, 0.25) is 15.9 Å². The number of rotatable bonds is 7. The molecule has 1 aromatic rings. The van der Waals surface area contributed by atoms with Crippen molar-refractivity contribution in [1.82, 2.24) is 5.32 Å². The predicted molar refractivity (Wildman–Crippen MR) is 90.2 cm³/mol. The number of benzene rings is 1. The average Bonchev–Trinajstić information content (AvgIpc) is 2.98. The zero-order chi connectivity index (χ0) is 16.9. The van der Waals surface area contributed by atoms with Gasteiger partial charge in [0, 0.05) is 6.04 Å². The van der Waals surface area contributed by atoms with Gasteiger partial charge < -0.3 is 10.1 Å². The van der Waals surface area contributed by atoms with Gasteiger partial charge >= 0.3 is 0 Å². The zero-order valence-electron chi connectivity index (χ0n) is 13.6. The maximum Gasteiger partial charge on any atom is 0.240 e. The summed E-state index contributed by atoms with van der Waals surface area (Å²) in [6, 6.07) is 6.87. The number of anilines is 1. The molecular weight excluding hydrogens is 316 g/mol. The van der Waals surface area contributed by atoms with Gasteiger partial charge in [0.05, 0.1) is 18.6 Å². The quantitative estimate of drug-likeness (QED) is 0.823. The van der Waals surface area contributed by atoms with Crippen LogP contribution in [0.5, 0.6) is 5.75 Å². The van der Waals surface area contributed by atoms with E-state index in [1.165, 1.54) is 0 Å². The number of ether oxygens (including phenoxy) is 1. The molecule has 1 saturated carbocycles. The monoisotopic (exact) mass is 340 g/mol. The first kappa shape index (κ1) is 17.6. The third kappa shape index (κ3) is 5.13. The van der Waals surface area contributed by atoms with Gasteiger partial charge in [-0.05, 0) is 44.0 Å². The highest BCUT2D eigenvalue weighted by Gasteiger charge is 2.23. The van der Waals surface area contributed by atoms with Crippen molar-refractivity contribution in [2.45, 2.75) is 38.6 Å². The highest BCUT2D eigenvalue weighted by Crippen LogP contribution is 2.22. The number of hydrogen-bond donors (Lipinski definition) is 1. The van der Waals surface area contributed by atoms with E-state index >= 15 is 0 Å². The normalized spacial score (nSPS) is 15.4. The van der Waals surface area contributed by atoms with Crippen LogP contribution >= 0.6 is 0 Å². The Labute approximate surface area is 137 Å². The van der Waals surface area contributed by atoms with Crippen molar-refractivity contribution in [1.29, 1.82) is 0 Å². The lowest BCUT2D eigenvalue weighted by Crippen LogP contribution is -2.43. The van der Waals surface area contributed by atoms with Crippen LogP contribution in [-0.2, 0) is 14.8 Å². The molecule has 0 atom stereocenters. The minimum Gasteiger partial charge on any atom is -0.494 e. The highest BCUT2D eigenvalue weighted by atomic mass is 32.2. The number of carbonyl (C=O) groups is 1. The van der Waals surface area contributed by atoms with Gasteiger partial charge in [-0.25, -0.2) is 8.42 Å². The molecule has 1 aromatic carbocycles. The average molecular weight is 340 g/mol. The van der Waals surface area contributed by atoms with E-state index in [0.29, 0.717) is 18.0 Å². The Hall–Kier alpha value is -1.76. The first-order chi connectivity index (χ1) is 10.9. The summed E-state index contributed by atoms with van der Waals surface area (Å²) in [5.74, 6) is 0.399. The third-order valence-electron chi connectivity index (χ3n) is 3.84. The largest absolute Gasteiger partial charge is 0.494 e. The Morgan fingerprint density at radius 2 is 1.87 bits per heavy atom. The van der Waals surface area contributed by atoms with Gasteiger partial charge in [-0.3, -0.25) is 9.10 Å². The van der Waals surface area contributed by atoms with Crippen molar-refractivity contribution in [3.05, 3.63) is 24.3 Å². The number of carbonyl (C=O) groups excluding carboxylic acids is 1. The molecule has 0 spiro atoms. The van der Waals surface area contributed by atoms with Crippen molar-refractivity contribution in [3.63, 3.8) is 0 Å². The summed E-state index contributed by atoms with van der Waals surface area (Å²) >= 11 is 0. The van der Waals surface area contributed by atoms with E-state index < -0.39 is 10.0 Å². The standard InChI is InChI=1S/C16H24N2O4S/c1-3-22-15-10-8-14(9-11-15)18(23(2,20)21)12-16(19)17-13-6-4-5-7-13/h8-11,13H,3-7,12H2,1-2H3,(H,17,19). The molecule has 0 radical (unpaired) electrons. The molecule has 1 aliphatic carbocycles. The summed E-state index contributed by atoms with van der Waals surface area (Å²) < 4.78 is 30.5. The fourth-order valence-electron chi connectivity index (χ4n) is 2.75. The molecule has 2 rings (SSSR count). The maximum absolute atomic E-state index is 12.2. The van der Waals surface area contributed by atoms with Crippen LogP contribution in [0.15, 0.2) is 24.3 Å². The summed E-state index contributed by atoms with van der Waals surface area (Å²) in [6.07, 6.45) is 5.26. The topological polar surface area (TPSA) is 75.7 Å². The van der Waals surface area contributed by atoms with E-state index in [-0.39, 0.29) is 18.5 Å². The fourth-order valence-corrected chi connectivity index (χ4v) is 3.61. The van der Waals surface area contributed by atoms with E-state index in [1.807, 2.05) is 6.92 Å². The predicted octanol–water partition coefficient (Wildman–Crippen LogP) is 1.91. The lowest BCUT2D eigenvalue weighted by atomic mass is 10.2. The van der Waals surface area contributed by atoms with Crippen LogP contribution in [-0.4, -0.2) is 39.8 Å². The maximum atomic E-state index is 12.2. The summed E-state index contributed by atoms with van der Waals surface area (Å²) in [7, 11) is -3.54. The minimum absolute atomic E-state index is 0.171. The Morgan fingerprint density at radius 3 is 2.39 bits per heavy atom. The second-order valence-electron chi connectivity index (χ2n) is 5.75. The minimum atomic E-state index is -3.54. The molecule has 6 nitrogen and oxygen atoms in total. The molecule has 128 valence electrons. The van der Waals surface area contributed by atoms with E-state index in [2.05, 4.69) is 5.32 Å². The molecule has 0 aromatic heterocycles. The molecule has 0 bridgehead atoms. The van der Waals surface area contributed by atoms with Gasteiger partial charge in [-0.1, -0.05) is 12.8 Å². The van der Waals surface area contributed by atoms with Crippen LogP contribution < -0.4 is 14.4 Å². The highest BCUT2D eigenvalue weighted by molar-refractivity contribution is 7.92. The molecule has 0 saturated heterocycles. The summed E-state index contributed by atoms with van der Waals surface area (Å²) in [5, 5.41) is 2.91. The van der Waals surface area contributed by atoms with E-state index in [1.54, 1.807) is 24.3 Å². The molecule has 1 aliphatic rings. The first-order valence-electron chi connectivity index (χ1n) is 7.90. The van der Waals surface area contributed by atoms with Crippen LogP contribution in [0, 0.1) is 0 Å². The smallest absolute Gasteiger partial charge is 0.240 e. The molecule has 0 unspecified atom stereocenters. The van der Waals surface area contributed by atoms with Crippen molar-refractivity contribution >= 4 is 21.6 Å². The number of nitrogens with one attached hydrogen (secondary N) is 1. The van der Waals surface area contributed by atoms with Crippen LogP contribution in [0.1, 0.15) is 32.6 Å². The van der Waals surface area contributed by atoms with Gasteiger partial charge in [0.25, 0.3) is 0 Å². The molecule has 0 heterocycles. The van der Waals surface area contributed by atoms with E-state index in [9.17, 15) is 13.2 Å². The molecule has 1 amide bonds. The van der Waals surface area contributed by atoms with Gasteiger partial charge in [-0.15, -0.1) is 0 Å². The van der Waals surface area contributed by atoms with Gasteiger partial charge in [-0.2, -0.15) is 0 Å². The lowest BCUT2D eigenvalue weighted by Gasteiger charge is -2.23. The summed E-state index contributed by atoms with van der Waals surface area (Å²) in [4.78, 5) is 12.2. The van der Waals surface area contributed by atoms with Crippen LogP contribution in [0.4, 0.5) is 5.69 Å². The van der Waals surface area contributed by atoms with Crippen LogP contribution in [0.25, 0.3) is 0 Å². The van der Waals surface area contributed by atoms with Gasteiger partial charge in [0.15, 0.2) is 0 Å². The number of hydrogen-bond acceptors (Lipinski definition) is 4. The number of nitrogens with zero attached hydrogens (tertiary/aromatic N) is 1. The van der Waals surface area contributed by atoms with Crippen LogP contribution in [0.3, 0.4) is 0 Å². The Morgan fingerprint density at radius 1 is 1.26 bits per heavy atom. The number of amides is 1. The zero-order valence-corrected chi connectivity index (χ0v) is 14.4. The van der Waals surface area contributed by atoms with E-state index in [4.69, 9.17) is 4.74 Å². The van der Waals surface area contributed by atoms with Crippen molar-refractivity contribution in [2.75, 3.05) is 23.7 Å².